The second-order valence-electron chi connectivity index (χ2n) is 10.8. The van der Waals surface area contributed by atoms with Crippen molar-refractivity contribution in [2.24, 2.45) is 17.8 Å². The van der Waals surface area contributed by atoms with Gasteiger partial charge >= 0.3 is 5.97 Å². The van der Waals surface area contributed by atoms with Gasteiger partial charge in [-0.1, -0.05) is 42.8 Å². The number of hydrogen-bond acceptors (Lipinski definition) is 6. The van der Waals surface area contributed by atoms with Gasteiger partial charge in [0.25, 0.3) is 5.91 Å². The van der Waals surface area contributed by atoms with Gasteiger partial charge in [-0.25, -0.2) is 0 Å². The van der Waals surface area contributed by atoms with Gasteiger partial charge in [0.05, 0.1) is 33.9 Å². The normalized spacial score (nSPS) is 28.9. The van der Waals surface area contributed by atoms with Gasteiger partial charge in [-0.05, 0) is 56.6 Å². The number of rotatable bonds is 13. The van der Waals surface area contributed by atoms with Crippen LogP contribution < -0.4 is 4.90 Å². The fourth-order valence-corrected chi connectivity index (χ4v) is 9.48. The number of likely N-dealkylation sites (tertiary alicyclic amines) is 1. The van der Waals surface area contributed by atoms with E-state index in [2.05, 4.69) is 20.1 Å². The number of carbonyl (C=O) groups excluding carboxylic acids is 3. The van der Waals surface area contributed by atoms with E-state index in [1.54, 1.807) is 39.8 Å². The number of amides is 2. The maximum atomic E-state index is 14.7. The Morgan fingerprint density at radius 1 is 1.28 bits per heavy atom. The Morgan fingerprint density at radius 2 is 2.05 bits per heavy atom. The summed E-state index contributed by atoms with van der Waals surface area (Å²) in [5.74, 6) is -1.88. The van der Waals surface area contributed by atoms with E-state index in [0.29, 0.717) is 36.5 Å². The first-order valence-electron chi connectivity index (χ1n) is 13.8. The molecule has 7 nitrogen and oxygen atoms in total. The number of ether oxygens (including phenoxy) is 1. The van der Waals surface area contributed by atoms with E-state index in [9.17, 15) is 19.5 Å². The average Bonchev–Trinajstić information content (AvgIpc) is 3.49. The summed E-state index contributed by atoms with van der Waals surface area (Å²) in [6.07, 6.45) is 6.66. The lowest BCUT2D eigenvalue weighted by Crippen LogP contribution is -2.57. The number of thioether (sulfide) groups is 1. The summed E-state index contributed by atoms with van der Waals surface area (Å²) < 4.78 is 4.85. The Morgan fingerprint density at radius 3 is 2.72 bits per heavy atom. The molecule has 2 amide bonds. The van der Waals surface area contributed by atoms with Crippen LogP contribution in [0.25, 0.3) is 0 Å². The molecule has 0 aliphatic carbocycles. The van der Waals surface area contributed by atoms with E-state index in [-0.39, 0.29) is 48.7 Å². The fourth-order valence-electron chi connectivity index (χ4n) is 6.75. The van der Waals surface area contributed by atoms with E-state index < -0.39 is 22.6 Å². The molecule has 9 heteroatoms. The minimum absolute atomic E-state index is 0.0491. The number of carbonyl (C=O) groups is 3. The van der Waals surface area contributed by atoms with Gasteiger partial charge in [-0.15, -0.1) is 24.9 Å². The zero-order chi connectivity index (χ0) is 28.3. The van der Waals surface area contributed by atoms with Gasteiger partial charge in [0.2, 0.25) is 5.91 Å². The number of aryl methyl sites for hydroxylation is 1. The Bertz CT molecular complexity index is 1110. The third-order valence-electron chi connectivity index (χ3n) is 8.41. The number of para-hydroxylation sites is 1. The molecule has 3 heterocycles. The maximum Gasteiger partial charge on any atom is 0.310 e. The van der Waals surface area contributed by atoms with E-state index in [1.165, 1.54) is 0 Å². The van der Waals surface area contributed by atoms with Gasteiger partial charge in [-0.2, -0.15) is 0 Å². The Hall–Kier alpha value is -2.29. The molecule has 0 aromatic heterocycles. The molecule has 3 aliphatic rings. The van der Waals surface area contributed by atoms with Crippen molar-refractivity contribution in [2.45, 2.75) is 62.0 Å². The van der Waals surface area contributed by atoms with E-state index >= 15 is 0 Å². The second-order valence-corrected chi connectivity index (χ2v) is 12.7. The molecule has 1 N–H and O–H groups in total. The zero-order valence-electron chi connectivity index (χ0n) is 22.8. The number of benzene rings is 1. The first-order valence-corrected chi connectivity index (χ1v) is 15.0. The van der Waals surface area contributed by atoms with E-state index in [0.717, 1.165) is 18.4 Å². The van der Waals surface area contributed by atoms with Crippen molar-refractivity contribution in [3.05, 3.63) is 54.1 Å². The summed E-state index contributed by atoms with van der Waals surface area (Å²) in [6, 6.07) is 4.76. The number of fused-ring (bicyclic) bond motifs is 1. The predicted molar refractivity (Wildman–Crippen MR) is 156 cm³/mol. The maximum absolute atomic E-state index is 14.7. The van der Waals surface area contributed by atoms with Gasteiger partial charge in [0.15, 0.2) is 0 Å². The molecule has 2 bridgehead atoms. The first kappa shape index (κ1) is 29.7. The minimum atomic E-state index is -0.754. The van der Waals surface area contributed by atoms with Gasteiger partial charge in [0.1, 0.15) is 6.04 Å². The van der Waals surface area contributed by atoms with Crippen LogP contribution in [0.3, 0.4) is 0 Å². The van der Waals surface area contributed by atoms with Crippen LogP contribution in [-0.2, 0) is 19.1 Å². The number of anilines is 1. The van der Waals surface area contributed by atoms with Crippen LogP contribution in [-0.4, -0.2) is 70.1 Å². The van der Waals surface area contributed by atoms with Crippen molar-refractivity contribution >= 4 is 46.8 Å². The molecule has 3 saturated heterocycles. The largest absolute Gasteiger partial charge is 0.465 e. The van der Waals surface area contributed by atoms with Crippen LogP contribution in [0.1, 0.15) is 44.6 Å². The minimum Gasteiger partial charge on any atom is -0.465 e. The second kappa shape index (κ2) is 12.5. The highest BCUT2D eigenvalue weighted by atomic mass is 35.5. The monoisotopic (exact) mass is 574 g/mol. The molecule has 4 rings (SSSR count). The summed E-state index contributed by atoms with van der Waals surface area (Å²) in [5, 5.41) is 9.65. The third kappa shape index (κ3) is 5.16. The van der Waals surface area contributed by atoms with Crippen molar-refractivity contribution in [1.82, 2.24) is 4.90 Å². The van der Waals surface area contributed by atoms with Crippen LogP contribution in [0.4, 0.5) is 5.69 Å². The molecule has 0 radical (unpaired) electrons. The lowest BCUT2D eigenvalue weighted by molar-refractivity contribution is -0.154. The van der Waals surface area contributed by atoms with Crippen LogP contribution in [0.15, 0.2) is 43.5 Å². The summed E-state index contributed by atoms with van der Waals surface area (Å²) in [6.45, 7) is 12.5. The highest BCUT2D eigenvalue weighted by Gasteiger charge is 2.76. The average molecular weight is 575 g/mol. The van der Waals surface area contributed by atoms with E-state index in [4.69, 9.17) is 16.3 Å². The molecule has 39 heavy (non-hydrogen) atoms. The number of aliphatic hydroxyl groups is 1. The van der Waals surface area contributed by atoms with Gasteiger partial charge in [0, 0.05) is 24.9 Å². The van der Waals surface area contributed by atoms with Crippen LogP contribution in [0.2, 0.25) is 5.02 Å². The van der Waals surface area contributed by atoms with Gasteiger partial charge < -0.3 is 19.6 Å². The van der Waals surface area contributed by atoms with Crippen molar-refractivity contribution in [3.63, 3.8) is 0 Å². The lowest BCUT2D eigenvalue weighted by Gasteiger charge is -2.40. The Labute approximate surface area is 240 Å². The number of hydrogen-bond donors (Lipinski definition) is 1. The zero-order valence-corrected chi connectivity index (χ0v) is 24.4. The fraction of sp³-hybridized carbons (Fsp3) is 0.567. The molecule has 6 atom stereocenters. The lowest BCUT2D eigenvalue weighted by atomic mass is 9.66. The van der Waals surface area contributed by atoms with Crippen molar-refractivity contribution in [3.8, 4) is 0 Å². The highest BCUT2D eigenvalue weighted by Crippen LogP contribution is 2.69. The van der Waals surface area contributed by atoms with Crippen molar-refractivity contribution in [2.75, 3.05) is 31.2 Å². The summed E-state index contributed by atoms with van der Waals surface area (Å²) in [7, 11) is 0. The molecule has 0 saturated carbocycles. The number of nitrogens with zero attached hydrogens (tertiary/aromatic N) is 2. The summed E-state index contributed by atoms with van der Waals surface area (Å²) in [4.78, 5) is 45.6. The number of aliphatic hydroxyl groups excluding tert-OH is 1. The molecule has 3 fully saturated rings. The first-order chi connectivity index (χ1) is 18.7. The van der Waals surface area contributed by atoms with E-state index in [1.807, 2.05) is 19.1 Å². The van der Waals surface area contributed by atoms with Crippen LogP contribution in [0, 0.1) is 24.7 Å². The SMILES string of the molecule is C=CCCOC(=O)[C@@H]1[C@H]2C(=O)N(CCCCCO)C(C(=O)N(CC=C)c3c(C)cccc3Cl)C23S[C@@H]1CC3C. The predicted octanol–water partition coefficient (Wildman–Crippen LogP) is 4.79. The topological polar surface area (TPSA) is 87.1 Å². The molecule has 1 spiro atoms. The molecular weight excluding hydrogens is 536 g/mol. The molecule has 1 aromatic rings. The standard InChI is InChI=1S/C30H39ClN2O5S/c1-5-7-17-38-29(37)23-22-18-20(4)30(39-22)24(23)27(35)33(15-9-8-10-16-34)26(30)28(36)32(14-6-2)25-19(3)12-11-13-21(25)31/h5-6,11-13,20,22-24,26,34H,1-2,7-10,14-18H2,3-4H3/t20?,22-,23+,24+,26?,30?/m1/s1. The van der Waals surface area contributed by atoms with Gasteiger partial charge in [-0.3, -0.25) is 14.4 Å². The van der Waals surface area contributed by atoms with Crippen LogP contribution in [0.5, 0.6) is 0 Å². The third-order valence-corrected chi connectivity index (χ3v) is 10.8. The smallest absolute Gasteiger partial charge is 0.310 e. The molecule has 1 aromatic carbocycles. The van der Waals surface area contributed by atoms with Crippen LogP contribution >= 0.6 is 23.4 Å². The Balaban J connectivity index is 1.77. The highest BCUT2D eigenvalue weighted by molar-refractivity contribution is 8.02. The molecular formula is C30H39ClN2O5S. The van der Waals surface area contributed by atoms with Crippen molar-refractivity contribution < 1.29 is 24.2 Å². The summed E-state index contributed by atoms with van der Waals surface area (Å²) >= 11 is 8.26. The molecule has 3 aliphatic heterocycles. The van der Waals surface area contributed by atoms with Crippen molar-refractivity contribution in [1.29, 1.82) is 0 Å². The Kier molecular flexibility index (Phi) is 9.50. The number of esters is 1. The molecule has 3 unspecified atom stereocenters. The number of unbranched alkanes of at least 4 members (excludes halogenated alkanes) is 2. The quantitative estimate of drug-likeness (QED) is 0.207. The number of halogens is 1. The summed E-state index contributed by atoms with van der Waals surface area (Å²) in [5.41, 5.74) is 1.47. The molecule has 212 valence electrons.